The molecule has 1 aliphatic carbocycles. The first kappa shape index (κ1) is 23.2. The number of thiophene rings is 1. The number of carbonyl (C=O) groups is 1. The fourth-order valence-corrected chi connectivity index (χ4v) is 6.64. The van der Waals surface area contributed by atoms with Crippen molar-refractivity contribution < 1.29 is 9.53 Å². The van der Waals surface area contributed by atoms with Gasteiger partial charge in [0.2, 0.25) is 5.91 Å². The number of aromatic nitrogens is 3. The minimum Gasteiger partial charge on any atom is -0.497 e. The van der Waals surface area contributed by atoms with E-state index in [1.807, 2.05) is 29.2 Å². The maximum atomic E-state index is 13.0. The van der Waals surface area contributed by atoms with Gasteiger partial charge in [0.15, 0.2) is 11.0 Å². The van der Waals surface area contributed by atoms with Crippen LogP contribution in [-0.4, -0.2) is 45.0 Å². The Morgan fingerprint density at radius 1 is 1.24 bits per heavy atom. The number of hydrogen-bond acceptors (Lipinski definition) is 7. The highest BCUT2D eigenvalue weighted by atomic mass is 32.2. The van der Waals surface area contributed by atoms with Gasteiger partial charge in [0.05, 0.1) is 19.4 Å². The summed E-state index contributed by atoms with van der Waals surface area (Å²) in [5, 5.41) is 15.5. The second kappa shape index (κ2) is 10.8. The largest absolute Gasteiger partial charge is 0.497 e. The number of nitrogens with zero attached hydrogens (tertiary/aromatic N) is 4. The van der Waals surface area contributed by atoms with Gasteiger partial charge in [-0.15, -0.1) is 21.5 Å². The number of nitrogens with one attached hydrogen (secondary N) is 1. The normalized spacial score (nSPS) is 16.3. The van der Waals surface area contributed by atoms with E-state index in [2.05, 4.69) is 31.5 Å². The molecule has 0 atom stereocenters. The van der Waals surface area contributed by atoms with Gasteiger partial charge in [-0.25, -0.2) is 0 Å². The summed E-state index contributed by atoms with van der Waals surface area (Å²) in [7, 11) is 1.67. The number of thioether (sulfide) groups is 1. The Kier molecular flexibility index (Phi) is 7.39. The van der Waals surface area contributed by atoms with Gasteiger partial charge in [-0.1, -0.05) is 37.1 Å². The number of carbonyl (C=O) groups excluding carboxylic acids is 1. The van der Waals surface area contributed by atoms with Gasteiger partial charge >= 0.3 is 0 Å². The second-order valence-electron chi connectivity index (χ2n) is 8.87. The lowest BCUT2D eigenvalue weighted by atomic mass is 9.95. The molecule has 9 heteroatoms. The van der Waals surface area contributed by atoms with Gasteiger partial charge < -0.3 is 19.5 Å². The zero-order valence-electron chi connectivity index (χ0n) is 19.5. The Morgan fingerprint density at radius 2 is 2.12 bits per heavy atom. The minimum absolute atomic E-state index is 0.177. The quantitative estimate of drug-likeness (QED) is 0.435. The second-order valence-corrected chi connectivity index (χ2v) is 10.8. The Morgan fingerprint density at radius 3 is 2.97 bits per heavy atom. The molecular weight excluding hydrogens is 466 g/mol. The van der Waals surface area contributed by atoms with Crippen LogP contribution >= 0.6 is 23.1 Å². The summed E-state index contributed by atoms with van der Waals surface area (Å²) in [6.07, 6.45) is 6.98. The molecule has 1 saturated carbocycles. The van der Waals surface area contributed by atoms with Crippen LogP contribution < -0.4 is 10.1 Å². The van der Waals surface area contributed by atoms with Gasteiger partial charge in [0.25, 0.3) is 0 Å². The van der Waals surface area contributed by atoms with Crippen LogP contribution in [0.1, 0.15) is 54.4 Å². The highest BCUT2D eigenvalue weighted by molar-refractivity contribution is 7.99. The van der Waals surface area contributed by atoms with Crippen molar-refractivity contribution >= 4 is 34.7 Å². The SMILES string of the molecule is COc1cccc(NCc2nnc(SCC(=O)N3CCc4sccc4C3)n2C2CCCCC2)c1. The molecular formula is C25H31N5O2S2. The Balaban J connectivity index is 1.27. The zero-order chi connectivity index (χ0) is 23.3. The van der Waals surface area contributed by atoms with Crippen LogP contribution in [0.5, 0.6) is 5.75 Å². The van der Waals surface area contributed by atoms with Crippen molar-refractivity contribution in [1.82, 2.24) is 19.7 Å². The van der Waals surface area contributed by atoms with Crippen LogP contribution in [0.25, 0.3) is 0 Å². The van der Waals surface area contributed by atoms with Crippen molar-refractivity contribution in [3.63, 3.8) is 0 Å². The highest BCUT2D eigenvalue weighted by Crippen LogP contribution is 2.33. The first-order valence-electron chi connectivity index (χ1n) is 12.0. The van der Waals surface area contributed by atoms with Crippen molar-refractivity contribution in [3.8, 4) is 5.75 Å². The molecule has 2 aliphatic rings. The van der Waals surface area contributed by atoms with E-state index in [1.54, 1.807) is 18.4 Å². The summed E-state index contributed by atoms with van der Waals surface area (Å²) in [4.78, 5) is 16.4. The summed E-state index contributed by atoms with van der Waals surface area (Å²) in [5.41, 5.74) is 2.28. The van der Waals surface area contributed by atoms with Gasteiger partial charge in [-0.2, -0.15) is 0 Å². The zero-order valence-corrected chi connectivity index (χ0v) is 21.2. The molecule has 1 N–H and O–H groups in total. The molecule has 34 heavy (non-hydrogen) atoms. The van der Waals surface area contributed by atoms with Gasteiger partial charge in [0, 0.05) is 35.8 Å². The first-order valence-corrected chi connectivity index (χ1v) is 13.9. The third kappa shape index (κ3) is 5.25. The monoisotopic (exact) mass is 497 g/mol. The van der Waals surface area contributed by atoms with Crippen molar-refractivity contribution in [3.05, 3.63) is 52.0 Å². The lowest BCUT2D eigenvalue weighted by molar-refractivity contribution is -0.129. The van der Waals surface area contributed by atoms with E-state index in [-0.39, 0.29) is 5.91 Å². The molecule has 7 nitrogen and oxygen atoms in total. The number of fused-ring (bicyclic) bond motifs is 1. The number of rotatable bonds is 8. The molecule has 0 unspecified atom stereocenters. The molecule has 0 bridgehead atoms. The third-order valence-electron chi connectivity index (χ3n) is 6.68. The van der Waals surface area contributed by atoms with E-state index in [0.717, 1.165) is 54.8 Å². The van der Waals surface area contributed by atoms with Crippen molar-refractivity contribution in [2.24, 2.45) is 0 Å². The van der Waals surface area contributed by atoms with E-state index in [0.29, 0.717) is 18.3 Å². The molecule has 1 aromatic carbocycles. The lowest BCUT2D eigenvalue weighted by Crippen LogP contribution is -2.36. The molecule has 0 saturated heterocycles. The van der Waals surface area contributed by atoms with Crippen LogP contribution in [0, 0.1) is 0 Å². The lowest BCUT2D eigenvalue weighted by Gasteiger charge is -2.27. The maximum absolute atomic E-state index is 13.0. The van der Waals surface area contributed by atoms with Crippen molar-refractivity contribution in [1.29, 1.82) is 0 Å². The van der Waals surface area contributed by atoms with Crippen molar-refractivity contribution in [2.45, 2.75) is 62.8 Å². The molecule has 0 spiro atoms. The number of methoxy groups -OCH3 is 1. The topological polar surface area (TPSA) is 72.3 Å². The Bertz CT molecular complexity index is 1120. The van der Waals surface area contributed by atoms with E-state index >= 15 is 0 Å². The number of ether oxygens (including phenoxy) is 1. The Labute approximate surface area is 208 Å². The number of benzene rings is 1. The van der Waals surface area contributed by atoms with Gasteiger partial charge in [0.1, 0.15) is 5.75 Å². The predicted molar refractivity (Wildman–Crippen MR) is 137 cm³/mol. The van der Waals surface area contributed by atoms with Crippen LogP contribution in [0.2, 0.25) is 0 Å². The average molecular weight is 498 g/mol. The molecule has 1 aliphatic heterocycles. The number of anilines is 1. The van der Waals surface area contributed by atoms with E-state index in [4.69, 9.17) is 4.74 Å². The highest BCUT2D eigenvalue weighted by Gasteiger charge is 2.25. The summed E-state index contributed by atoms with van der Waals surface area (Å²) in [5.74, 6) is 2.32. The van der Waals surface area contributed by atoms with Crippen LogP contribution in [-0.2, 0) is 24.3 Å². The molecule has 180 valence electrons. The maximum Gasteiger partial charge on any atom is 0.233 e. The van der Waals surface area contributed by atoms with Crippen molar-refractivity contribution in [2.75, 3.05) is 24.7 Å². The van der Waals surface area contributed by atoms with E-state index in [1.165, 1.54) is 41.5 Å². The predicted octanol–water partition coefficient (Wildman–Crippen LogP) is 5.14. The molecule has 3 aromatic rings. The number of amides is 1. The van der Waals surface area contributed by atoms with E-state index < -0.39 is 0 Å². The van der Waals surface area contributed by atoms with Crippen LogP contribution in [0.15, 0.2) is 40.9 Å². The molecule has 3 heterocycles. The summed E-state index contributed by atoms with van der Waals surface area (Å²) >= 11 is 3.32. The van der Waals surface area contributed by atoms with Crippen LogP contribution in [0.4, 0.5) is 5.69 Å². The molecule has 2 aromatic heterocycles. The van der Waals surface area contributed by atoms with Gasteiger partial charge in [-0.05, 0) is 48.4 Å². The van der Waals surface area contributed by atoms with Gasteiger partial charge in [-0.3, -0.25) is 4.79 Å². The average Bonchev–Trinajstić information content (AvgIpc) is 3.53. The first-order chi connectivity index (χ1) is 16.7. The number of hydrogen-bond donors (Lipinski definition) is 1. The Hall–Kier alpha value is -2.52. The standard InChI is InChI=1S/C25H31N5O2S2/c1-32-21-9-5-6-19(14-21)26-15-23-27-28-25(30(23)20-7-3-2-4-8-20)34-17-24(31)29-12-10-22-18(16-29)11-13-33-22/h5-6,9,11,13-14,20,26H,2-4,7-8,10,12,15-17H2,1H3. The van der Waals surface area contributed by atoms with E-state index in [9.17, 15) is 4.79 Å². The molecule has 1 amide bonds. The molecule has 1 fully saturated rings. The minimum atomic E-state index is 0.177. The fraction of sp³-hybridized carbons (Fsp3) is 0.480. The van der Waals surface area contributed by atoms with Crippen LogP contribution in [0.3, 0.4) is 0 Å². The summed E-state index contributed by atoms with van der Waals surface area (Å²) in [6.45, 7) is 2.11. The third-order valence-corrected chi connectivity index (χ3v) is 8.63. The summed E-state index contributed by atoms with van der Waals surface area (Å²) < 4.78 is 7.63. The fourth-order valence-electron chi connectivity index (χ4n) is 4.83. The smallest absolute Gasteiger partial charge is 0.233 e. The molecule has 0 radical (unpaired) electrons. The summed E-state index contributed by atoms with van der Waals surface area (Å²) in [6, 6.07) is 10.5. The molecule has 5 rings (SSSR count).